The summed E-state index contributed by atoms with van der Waals surface area (Å²) >= 11 is 3.43. The summed E-state index contributed by atoms with van der Waals surface area (Å²) in [5, 5.41) is 9.18. The van der Waals surface area contributed by atoms with Crippen LogP contribution in [0.2, 0.25) is 0 Å². The largest absolute Gasteiger partial charge is 0.480 e. The van der Waals surface area contributed by atoms with Gasteiger partial charge in [-0.15, -0.1) is 0 Å². The third kappa shape index (κ3) is 1.94. The molecule has 1 N–H and O–H groups in total. The molecule has 0 aromatic heterocycles. The Bertz CT molecular complexity index is 419. The number of hydrogen-bond acceptors (Lipinski definition) is 2. The van der Waals surface area contributed by atoms with E-state index in [1.807, 2.05) is 24.0 Å². The van der Waals surface area contributed by atoms with Crippen LogP contribution in [-0.4, -0.2) is 23.7 Å². The average Bonchev–Trinajstić information content (AvgIpc) is 2.62. The van der Waals surface area contributed by atoms with E-state index in [0.29, 0.717) is 6.42 Å². The van der Waals surface area contributed by atoms with Crippen LogP contribution in [0.3, 0.4) is 0 Å². The highest BCUT2D eigenvalue weighted by atomic mass is 79.9. The normalized spacial score (nSPS) is 16.0. The fraction of sp³-hybridized carbons (Fsp3) is 0.417. The van der Waals surface area contributed by atoms with Gasteiger partial charge in [0.1, 0.15) is 6.04 Å². The van der Waals surface area contributed by atoms with Crippen molar-refractivity contribution in [3.63, 3.8) is 0 Å². The van der Waals surface area contributed by atoms with Crippen LogP contribution in [0.1, 0.15) is 18.9 Å². The molecule has 0 bridgehead atoms. The summed E-state index contributed by atoms with van der Waals surface area (Å²) in [6, 6.07) is 5.67. The summed E-state index contributed by atoms with van der Waals surface area (Å²) in [5.74, 6) is -0.740. The van der Waals surface area contributed by atoms with Crippen LogP contribution >= 0.6 is 15.9 Å². The van der Waals surface area contributed by atoms with Crippen molar-refractivity contribution in [2.45, 2.75) is 25.8 Å². The van der Waals surface area contributed by atoms with E-state index in [1.165, 1.54) is 5.56 Å². The van der Waals surface area contributed by atoms with Gasteiger partial charge in [0.2, 0.25) is 0 Å². The van der Waals surface area contributed by atoms with Crippen molar-refractivity contribution in [1.29, 1.82) is 0 Å². The lowest BCUT2D eigenvalue weighted by molar-refractivity contribution is -0.138. The smallest absolute Gasteiger partial charge is 0.326 e. The van der Waals surface area contributed by atoms with Gasteiger partial charge < -0.3 is 10.0 Å². The van der Waals surface area contributed by atoms with E-state index >= 15 is 0 Å². The van der Waals surface area contributed by atoms with Gasteiger partial charge in [-0.2, -0.15) is 0 Å². The zero-order valence-electron chi connectivity index (χ0n) is 9.11. The molecular formula is C12H14BrNO2. The number of benzene rings is 1. The molecule has 1 unspecified atom stereocenters. The van der Waals surface area contributed by atoms with Gasteiger partial charge in [-0.25, -0.2) is 4.79 Å². The van der Waals surface area contributed by atoms with Crippen molar-refractivity contribution < 1.29 is 9.90 Å². The molecule has 4 heteroatoms. The number of carboxylic acid groups (broad SMARTS) is 1. The molecule has 1 atom stereocenters. The number of carboxylic acids is 1. The molecule has 1 heterocycles. The quantitative estimate of drug-likeness (QED) is 0.927. The SMILES string of the molecule is CCC(C(=O)O)N1CCc2ccc(Br)cc21. The van der Waals surface area contributed by atoms with E-state index in [4.69, 9.17) is 0 Å². The van der Waals surface area contributed by atoms with E-state index in [1.54, 1.807) is 0 Å². The molecule has 0 aliphatic carbocycles. The van der Waals surface area contributed by atoms with Crippen molar-refractivity contribution in [3.8, 4) is 0 Å². The van der Waals surface area contributed by atoms with Crippen LogP contribution in [0.5, 0.6) is 0 Å². The summed E-state index contributed by atoms with van der Waals surface area (Å²) < 4.78 is 0.999. The van der Waals surface area contributed by atoms with Gasteiger partial charge in [0.25, 0.3) is 0 Å². The van der Waals surface area contributed by atoms with Gasteiger partial charge >= 0.3 is 5.97 Å². The number of anilines is 1. The van der Waals surface area contributed by atoms with E-state index in [-0.39, 0.29) is 0 Å². The Kier molecular flexibility index (Phi) is 3.19. The summed E-state index contributed by atoms with van der Waals surface area (Å²) in [6.45, 7) is 2.71. The van der Waals surface area contributed by atoms with Crippen LogP contribution in [-0.2, 0) is 11.2 Å². The van der Waals surface area contributed by atoms with Gasteiger partial charge in [0.15, 0.2) is 0 Å². The lowest BCUT2D eigenvalue weighted by Crippen LogP contribution is -2.39. The molecule has 86 valence electrons. The minimum absolute atomic E-state index is 0.407. The van der Waals surface area contributed by atoms with Crippen molar-refractivity contribution in [3.05, 3.63) is 28.2 Å². The molecule has 3 nitrogen and oxygen atoms in total. The van der Waals surface area contributed by atoms with Gasteiger partial charge in [0, 0.05) is 16.7 Å². The Morgan fingerprint density at radius 1 is 1.62 bits per heavy atom. The highest BCUT2D eigenvalue weighted by Crippen LogP contribution is 2.32. The monoisotopic (exact) mass is 283 g/mol. The molecule has 0 saturated carbocycles. The molecule has 16 heavy (non-hydrogen) atoms. The van der Waals surface area contributed by atoms with Crippen molar-refractivity contribution in [2.75, 3.05) is 11.4 Å². The molecule has 0 fully saturated rings. The van der Waals surface area contributed by atoms with E-state index in [0.717, 1.165) is 23.1 Å². The van der Waals surface area contributed by atoms with Crippen molar-refractivity contribution >= 4 is 27.6 Å². The molecule has 0 amide bonds. The first-order chi connectivity index (χ1) is 7.63. The van der Waals surface area contributed by atoms with Crippen molar-refractivity contribution in [1.82, 2.24) is 0 Å². The maximum absolute atomic E-state index is 11.2. The average molecular weight is 284 g/mol. The van der Waals surface area contributed by atoms with Crippen molar-refractivity contribution in [2.24, 2.45) is 0 Å². The van der Waals surface area contributed by atoms with Crippen LogP contribution in [0, 0.1) is 0 Å². The van der Waals surface area contributed by atoms with Crippen LogP contribution < -0.4 is 4.90 Å². The van der Waals surface area contributed by atoms with Gasteiger partial charge in [0.05, 0.1) is 0 Å². The first-order valence-corrected chi connectivity index (χ1v) is 6.20. The zero-order chi connectivity index (χ0) is 11.7. The minimum Gasteiger partial charge on any atom is -0.480 e. The van der Waals surface area contributed by atoms with E-state index < -0.39 is 12.0 Å². The molecule has 0 spiro atoms. The molecule has 0 saturated heterocycles. The maximum atomic E-state index is 11.2. The summed E-state index contributed by atoms with van der Waals surface area (Å²) in [4.78, 5) is 13.1. The molecule has 2 rings (SSSR count). The fourth-order valence-electron chi connectivity index (χ4n) is 2.23. The fourth-order valence-corrected chi connectivity index (χ4v) is 2.58. The second-order valence-electron chi connectivity index (χ2n) is 3.98. The Morgan fingerprint density at radius 2 is 2.38 bits per heavy atom. The van der Waals surface area contributed by atoms with Crippen LogP contribution in [0.4, 0.5) is 5.69 Å². The lowest BCUT2D eigenvalue weighted by atomic mass is 10.1. The van der Waals surface area contributed by atoms with Crippen LogP contribution in [0.25, 0.3) is 0 Å². The number of nitrogens with zero attached hydrogens (tertiary/aromatic N) is 1. The number of aliphatic carboxylic acids is 1. The second kappa shape index (κ2) is 4.45. The van der Waals surface area contributed by atoms with Crippen LogP contribution in [0.15, 0.2) is 22.7 Å². The Labute approximate surface area is 103 Å². The molecular weight excluding hydrogens is 270 g/mol. The molecule has 1 aromatic rings. The number of fused-ring (bicyclic) bond motifs is 1. The van der Waals surface area contributed by atoms with Gasteiger partial charge in [-0.1, -0.05) is 28.9 Å². The number of rotatable bonds is 3. The summed E-state index contributed by atoms with van der Waals surface area (Å²) in [6.07, 6.45) is 1.56. The maximum Gasteiger partial charge on any atom is 0.326 e. The first-order valence-electron chi connectivity index (χ1n) is 5.41. The molecule has 0 radical (unpaired) electrons. The Hall–Kier alpha value is -1.03. The second-order valence-corrected chi connectivity index (χ2v) is 4.89. The number of carbonyl (C=O) groups is 1. The summed E-state index contributed by atoms with van der Waals surface area (Å²) in [7, 11) is 0. The van der Waals surface area contributed by atoms with E-state index in [9.17, 15) is 9.90 Å². The Balaban J connectivity index is 2.35. The van der Waals surface area contributed by atoms with Gasteiger partial charge in [-0.3, -0.25) is 0 Å². The number of halogens is 1. The number of hydrogen-bond donors (Lipinski definition) is 1. The van der Waals surface area contributed by atoms with Gasteiger partial charge in [-0.05, 0) is 30.5 Å². The predicted octanol–water partition coefficient (Wildman–Crippen LogP) is 2.67. The molecule has 1 aromatic carbocycles. The third-order valence-corrected chi connectivity index (χ3v) is 3.52. The predicted molar refractivity (Wildman–Crippen MR) is 66.9 cm³/mol. The first kappa shape index (κ1) is 11.5. The minimum atomic E-state index is -0.740. The molecule has 1 aliphatic rings. The topological polar surface area (TPSA) is 40.5 Å². The highest BCUT2D eigenvalue weighted by molar-refractivity contribution is 9.10. The molecule has 1 aliphatic heterocycles. The Morgan fingerprint density at radius 3 is 3.00 bits per heavy atom. The zero-order valence-corrected chi connectivity index (χ0v) is 10.7. The summed E-state index contributed by atoms with van der Waals surface area (Å²) in [5.41, 5.74) is 2.30. The third-order valence-electron chi connectivity index (χ3n) is 3.03. The lowest BCUT2D eigenvalue weighted by Gasteiger charge is -2.26. The standard InChI is InChI=1S/C12H14BrNO2/c1-2-10(12(15)16)14-6-5-8-3-4-9(13)7-11(8)14/h3-4,7,10H,2,5-6H2,1H3,(H,15,16). The van der Waals surface area contributed by atoms with E-state index in [2.05, 4.69) is 22.0 Å². The highest BCUT2D eigenvalue weighted by Gasteiger charge is 2.29.